The molecule has 2 aromatic rings. The van der Waals surface area contributed by atoms with Gasteiger partial charge in [-0.25, -0.2) is 14.6 Å². The first kappa shape index (κ1) is 20.7. The van der Waals surface area contributed by atoms with Gasteiger partial charge >= 0.3 is 12.1 Å². The van der Waals surface area contributed by atoms with Crippen molar-refractivity contribution in [3.8, 4) is 11.3 Å². The lowest BCUT2D eigenvalue weighted by Crippen LogP contribution is -2.32. The first-order valence-corrected chi connectivity index (χ1v) is 9.74. The fourth-order valence-electron chi connectivity index (χ4n) is 3.34. The van der Waals surface area contributed by atoms with Gasteiger partial charge in [-0.05, 0) is 38.0 Å². The van der Waals surface area contributed by atoms with Gasteiger partial charge in [0.1, 0.15) is 11.9 Å². The molecule has 3 rings (SSSR count). The van der Waals surface area contributed by atoms with E-state index < -0.39 is 12.1 Å². The first-order chi connectivity index (χ1) is 14.0. The molecule has 2 bridgehead atoms. The third-order valence-electron chi connectivity index (χ3n) is 4.85. The van der Waals surface area contributed by atoms with Crippen molar-refractivity contribution in [3.05, 3.63) is 30.2 Å². The van der Waals surface area contributed by atoms with Gasteiger partial charge in [-0.2, -0.15) is 0 Å². The van der Waals surface area contributed by atoms with Crippen molar-refractivity contribution < 1.29 is 19.1 Å². The predicted octanol–water partition coefficient (Wildman–Crippen LogP) is 3.17. The number of nitrogens with one attached hydrogen (secondary N) is 3. The second-order valence-corrected chi connectivity index (χ2v) is 6.90. The van der Waals surface area contributed by atoms with Crippen LogP contribution >= 0.6 is 0 Å². The fraction of sp³-hybridized carbons (Fsp3) is 0.450. The number of methoxy groups -OCH3 is 1. The normalized spacial score (nSPS) is 19.0. The van der Waals surface area contributed by atoms with E-state index in [1.807, 2.05) is 6.07 Å². The Morgan fingerprint density at radius 3 is 2.86 bits per heavy atom. The molecule has 1 aromatic heterocycles. The molecule has 0 saturated carbocycles. The molecule has 2 heterocycles. The summed E-state index contributed by atoms with van der Waals surface area (Å²) in [5.41, 5.74) is 9.04. The predicted molar refractivity (Wildman–Crippen MR) is 109 cm³/mol. The standard InChI is InChI=1S/C20H27N5O4/c1-3-29-19(26)15-7-5-4-6-14(21)18-22-11-17(25-18)13-9-8-12(10-16(13)24-15)23-20(27)28-2/h8-11,14-15,24H,3-7,21H2,1-2H3,(H,22,25)(H,23,27)/t14-,15?/m0/s1. The maximum absolute atomic E-state index is 12.5. The highest BCUT2D eigenvalue weighted by Crippen LogP contribution is 2.32. The molecule has 5 N–H and O–H groups in total. The Balaban J connectivity index is 2.02. The zero-order valence-corrected chi connectivity index (χ0v) is 16.7. The number of imidazole rings is 1. The lowest BCUT2D eigenvalue weighted by atomic mass is 10.0. The van der Waals surface area contributed by atoms with Gasteiger partial charge in [0.2, 0.25) is 0 Å². The second-order valence-electron chi connectivity index (χ2n) is 6.90. The molecule has 0 spiro atoms. The van der Waals surface area contributed by atoms with Gasteiger partial charge in [0.15, 0.2) is 0 Å². The van der Waals surface area contributed by atoms with Crippen LogP contribution in [0, 0.1) is 0 Å². The van der Waals surface area contributed by atoms with Gasteiger partial charge in [-0.3, -0.25) is 5.32 Å². The minimum atomic E-state index is -0.574. The summed E-state index contributed by atoms with van der Waals surface area (Å²) >= 11 is 0. The molecule has 1 unspecified atom stereocenters. The summed E-state index contributed by atoms with van der Waals surface area (Å²) in [6.45, 7) is 2.09. The Hall–Kier alpha value is -3.07. The van der Waals surface area contributed by atoms with Crippen molar-refractivity contribution in [1.29, 1.82) is 0 Å². The quantitative estimate of drug-likeness (QED) is 0.581. The van der Waals surface area contributed by atoms with E-state index in [-0.39, 0.29) is 12.0 Å². The van der Waals surface area contributed by atoms with Crippen LogP contribution in [0.2, 0.25) is 0 Å². The lowest BCUT2D eigenvalue weighted by Gasteiger charge is -2.22. The highest BCUT2D eigenvalue weighted by atomic mass is 16.5. The summed E-state index contributed by atoms with van der Waals surface area (Å²) in [6, 6.07) is 4.64. The zero-order valence-electron chi connectivity index (χ0n) is 16.7. The number of benzene rings is 1. The third kappa shape index (κ3) is 5.05. The number of aromatic amines is 1. The minimum absolute atomic E-state index is 0.194. The largest absolute Gasteiger partial charge is 0.464 e. The number of rotatable bonds is 3. The number of anilines is 2. The van der Waals surface area contributed by atoms with E-state index in [1.54, 1.807) is 25.3 Å². The molecule has 9 nitrogen and oxygen atoms in total. The van der Waals surface area contributed by atoms with Crippen LogP contribution in [0.3, 0.4) is 0 Å². The van der Waals surface area contributed by atoms with Crippen LogP contribution in [0.1, 0.15) is 44.5 Å². The Labute approximate surface area is 169 Å². The number of carbonyl (C=O) groups excluding carboxylic acids is 2. The Morgan fingerprint density at radius 2 is 2.10 bits per heavy atom. The molecule has 9 heteroatoms. The number of carbonyl (C=O) groups is 2. The number of aromatic nitrogens is 2. The van der Waals surface area contributed by atoms with Gasteiger partial charge in [0.25, 0.3) is 0 Å². The van der Waals surface area contributed by atoms with E-state index in [1.165, 1.54) is 7.11 Å². The average molecular weight is 401 g/mol. The molecular weight excluding hydrogens is 374 g/mol. The van der Waals surface area contributed by atoms with Crippen LogP contribution in [-0.2, 0) is 14.3 Å². The van der Waals surface area contributed by atoms with Crippen molar-refractivity contribution in [2.24, 2.45) is 5.73 Å². The third-order valence-corrected chi connectivity index (χ3v) is 4.85. The average Bonchev–Trinajstić information content (AvgIpc) is 3.19. The summed E-state index contributed by atoms with van der Waals surface area (Å²) in [5, 5.41) is 5.94. The molecule has 0 saturated heterocycles. The lowest BCUT2D eigenvalue weighted by molar-refractivity contribution is -0.144. The number of nitrogens with two attached hydrogens (primary N) is 1. The van der Waals surface area contributed by atoms with E-state index in [2.05, 4.69) is 25.3 Å². The number of hydrogen-bond acceptors (Lipinski definition) is 7. The molecule has 1 aromatic carbocycles. The molecule has 1 aliphatic heterocycles. The van der Waals surface area contributed by atoms with Crippen molar-refractivity contribution in [1.82, 2.24) is 9.97 Å². The molecule has 2 atom stereocenters. The monoisotopic (exact) mass is 401 g/mol. The number of ether oxygens (including phenoxy) is 2. The maximum atomic E-state index is 12.5. The fourth-order valence-corrected chi connectivity index (χ4v) is 3.34. The first-order valence-electron chi connectivity index (χ1n) is 9.74. The molecule has 0 aliphatic carbocycles. The Bertz CT molecular complexity index is 866. The van der Waals surface area contributed by atoms with Crippen molar-refractivity contribution in [2.75, 3.05) is 24.4 Å². The molecule has 29 heavy (non-hydrogen) atoms. The van der Waals surface area contributed by atoms with Crippen LogP contribution in [0.5, 0.6) is 0 Å². The SMILES string of the molecule is CCOC(=O)C1CCCC[C@H](N)c2ncc([nH]2)-c2ccc(NC(=O)OC)cc2N1. The van der Waals surface area contributed by atoms with E-state index >= 15 is 0 Å². The second kappa shape index (κ2) is 9.42. The van der Waals surface area contributed by atoms with Crippen molar-refractivity contribution in [3.63, 3.8) is 0 Å². The van der Waals surface area contributed by atoms with Crippen molar-refractivity contribution in [2.45, 2.75) is 44.7 Å². The van der Waals surface area contributed by atoms with Gasteiger partial charge < -0.3 is 25.5 Å². The van der Waals surface area contributed by atoms with E-state index in [0.717, 1.165) is 36.3 Å². The molecule has 156 valence electrons. The summed E-state index contributed by atoms with van der Waals surface area (Å²) in [4.78, 5) is 31.8. The van der Waals surface area contributed by atoms with Crippen LogP contribution in [0.25, 0.3) is 11.3 Å². The summed E-state index contributed by atoms with van der Waals surface area (Å²) in [7, 11) is 1.30. The van der Waals surface area contributed by atoms with Crippen LogP contribution in [0.4, 0.5) is 16.2 Å². The number of esters is 1. The minimum Gasteiger partial charge on any atom is -0.464 e. The summed E-state index contributed by atoms with van der Waals surface area (Å²) in [6.07, 6.45) is 4.21. The van der Waals surface area contributed by atoms with Crippen LogP contribution in [0.15, 0.2) is 24.4 Å². The van der Waals surface area contributed by atoms with Crippen molar-refractivity contribution >= 4 is 23.4 Å². The molecule has 1 aliphatic rings. The maximum Gasteiger partial charge on any atom is 0.411 e. The van der Waals surface area contributed by atoms with Gasteiger partial charge in [-0.1, -0.05) is 12.8 Å². The summed E-state index contributed by atoms with van der Waals surface area (Å²) in [5.74, 6) is 0.418. The van der Waals surface area contributed by atoms with Gasteiger partial charge in [0.05, 0.1) is 31.6 Å². The van der Waals surface area contributed by atoms with Gasteiger partial charge in [-0.15, -0.1) is 0 Å². The smallest absolute Gasteiger partial charge is 0.411 e. The molecule has 1 amide bonds. The topological polar surface area (TPSA) is 131 Å². The highest BCUT2D eigenvalue weighted by molar-refractivity contribution is 5.89. The number of nitrogens with zero attached hydrogens (tertiary/aromatic N) is 1. The van der Waals surface area contributed by atoms with Crippen LogP contribution in [-0.4, -0.2) is 41.8 Å². The van der Waals surface area contributed by atoms with Gasteiger partial charge in [0, 0.05) is 16.9 Å². The summed E-state index contributed by atoms with van der Waals surface area (Å²) < 4.78 is 9.91. The Kier molecular flexibility index (Phi) is 6.71. The highest BCUT2D eigenvalue weighted by Gasteiger charge is 2.23. The number of amides is 1. The number of H-pyrrole nitrogens is 1. The zero-order chi connectivity index (χ0) is 20.8. The number of hydrogen-bond donors (Lipinski definition) is 4. The molecule has 0 fully saturated rings. The van der Waals surface area contributed by atoms with Crippen LogP contribution < -0.4 is 16.4 Å². The van der Waals surface area contributed by atoms with E-state index in [4.69, 9.17) is 10.5 Å². The van der Waals surface area contributed by atoms with E-state index in [0.29, 0.717) is 24.4 Å². The number of fused-ring (bicyclic) bond motifs is 4. The van der Waals surface area contributed by atoms with E-state index in [9.17, 15) is 9.59 Å². The molecule has 0 radical (unpaired) electrons. The Morgan fingerprint density at radius 1 is 1.31 bits per heavy atom. The molecular formula is C20H27N5O4.